The summed E-state index contributed by atoms with van der Waals surface area (Å²) < 4.78 is 38.7. The largest absolute Gasteiger partial charge is 0.490 e. The number of hydrogen-bond donors (Lipinski definition) is 1. The molecular formula is C12H16F2O4. The fraction of sp³-hybridized carbons (Fsp3) is 0.500. The molecule has 0 radical (unpaired) electrons. The zero-order chi connectivity index (χ0) is 13.5. The molecule has 1 aromatic rings. The van der Waals surface area contributed by atoms with Crippen LogP contribution in [0.4, 0.5) is 8.78 Å². The molecule has 0 aliphatic carbocycles. The minimum absolute atomic E-state index is 0.0554. The van der Waals surface area contributed by atoms with Crippen molar-refractivity contribution in [1.82, 2.24) is 0 Å². The first-order chi connectivity index (χ1) is 8.58. The molecule has 0 aliphatic rings. The first-order valence-corrected chi connectivity index (χ1v) is 5.47. The van der Waals surface area contributed by atoms with Gasteiger partial charge in [0.25, 0.3) is 0 Å². The van der Waals surface area contributed by atoms with Gasteiger partial charge in [0.15, 0.2) is 11.5 Å². The Bertz CT molecular complexity index is 371. The summed E-state index contributed by atoms with van der Waals surface area (Å²) in [5.41, 5.74) is 0.516. The summed E-state index contributed by atoms with van der Waals surface area (Å²) in [5, 5.41) is 9.72. The van der Waals surface area contributed by atoms with Crippen LogP contribution in [0.15, 0.2) is 18.2 Å². The molecule has 0 saturated carbocycles. The van der Waals surface area contributed by atoms with E-state index in [9.17, 15) is 13.9 Å². The lowest BCUT2D eigenvalue weighted by molar-refractivity contribution is -0.0514. The molecule has 1 atom stereocenters. The van der Waals surface area contributed by atoms with Gasteiger partial charge in [-0.15, -0.1) is 0 Å². The van der Waals surface area contributed by atoms with Crippen LogP contribution in [-0.4, -0.2) is 32.0 Å². The monoisotopic (exact) mass is 262 g/mol. The van der Waals surface area contributed by atoms with Crippen LogP contribution in [0.25, 0.3) is 0 Å². The third-order valence-electron chi connectivity index (χ3n) is 2.19. The fourth-order valence-corrected chi connectivity index (χ4v) is 1.45. The molecule has 0 bridgehead atoms. The molecule has 0 spiro atoms. The van der Waals surface area contributed by atoms with Crippen LogP contribution in [0.5, 0.6) is 11.5 Å². The minimum atomic E-state index is -2.92. The van der Waals surface area contributed by atoms with E-state index in [-0.39, 0.29) is 18.1 Å². The second kappa shape index (κ2) is 7.13. The molecule has 1 aromatic carbocycles. The quantitative estimate of drug-likeness (QED) is 0.819. The maximum absolute atomic E-state index is 12.2. The van der Waals surface area contributed by atoms with Crippen LogP contribution in [0.2, 0.25) is 0 Å². The molecule has 1 N–H and O–H groups in total. The predicted octanol–water partition coefficient (Wildman–Crippen LogP) is 2.37. The Labute approximate surface area is 104 Å². The van der Waals surface area contributed by atoms with E-state index in [1.54, 1.807) is 6.92 Å². The zero-order valence-electron chi connectivity index (χ0n) is 10.2. The number of benzene rings is 1. The first kappa shape index (κ1) is 14.7. The molecule has 0 aromatic heterocycles. The Morgan fingerprint density at radius 2 is 2.00 bits per heavy atom. The number of rotatable bonds is 7. The van der Waals surface area contributed by atoms with Crippen molar-refractivity contribution in [3.8, 4) is 11.5 Å². The molecular weight excluding hydrogens is 246 g/mol. The lowest BCUT2D eigenvalue weighted by Crippen LogP contribution is -2.08. The molecule has 6 heteroatoms. The Hall–Kier alpha value is -1.40. The average Bonchev–Trinajstić information content (AvgIpc) is 2.31. The maximum atomic E-state index is 12.2. The van der Waals surface area contributed by atoms with Gasteiger partial charge in [0, 0.05) is 7.11 Å². The number of hydrogen-bond acceptors (Lipinski definition) is 4. The normalized spacial score (nSPS) is 12.6. The van der Waals surface area contributed by atoms with E-state index in [1.165, 1.54) is 25.3 Å². The third-order valence-corrected chi connectivity index (χ3v) is 2.19. The van der Waals surface area contributed by atoms with E-state index in [1.807, 2.05) is 0 Å². The van der Waals surface area contributed by atoms with Crippen molar-refractivity contribution in [3.05, 3.63) is 23.8 Å². The summed E-state index contributed by atoms with van der Waals surface area (Å²) in [6.45, 7) is -0.770. The standard InChI is InChI=1S/C12H16F2O4/c1-3-17-11-6-8(9(15)7-16-2)4-5-10(11)18-12(13)14/h4-6,9,12,15H,3,7H2,1-2H3. The number of aliphatic hydroxyl groups is 1. The highest BCUT2D eigenvalue weighted by molar-refractivity contribution is 5.43. The third kappa shape index (κ3) is 4.12. The molecule has 4 nitrogen and oxygen atoms in total. The number of methoxy groups -OCH3 is 1. The molecule has 0 heterocycles. The van der Waals surface area contributed by atoms with Gasteiger partial charge in [-0.1, -0.05) is 6.07 Å². The molecule has 1 unspecified atom stereocenters. The summed E-state index contributed by atoms with van der Waals surface area (Å²) in [5.74, 6) is 0.116. The number of ether oxygens (including phenoxy) is 3. The summed E-state index contributed by atoms with van der Waals surface area (Å²) in [4.78, 5) is 0. The van der Waals surface area contributed by atoms with E-state index in [0.29, 0.717) is 12.2 Å². The van der Waals surface area contributed by atoms with Crippen molar-refractivity contribution in [2.24, 2.45) is 0 Å². The van der Waals surface area contributed by atoms with Crippen LogP contribution in [0.1, 0.15) is 18.6 Å². The van der Waals surface area contributed by atoms with Crippen molar-refractivity contribution in [2.45, 2.75) is 19.6 Å². The molecule has 18 heavy (non-hydrogen) atoms. The number of halogens is 2. The van der Waals surface area contributed by atoms with E-state index < -0.39 is 12.7 Å². The molecule has 0 fully saturated rings. The number of alkyl halides is 2. The first-order valence-electron chi connectivity index (χ1n) is 5.47. The van der Waals surface area contributed by atoms with Gasteiger partial charge < -0.3 is 19.3 Å². The van der Waals surface area contributed by atoms with Gasteiger partial charge in [-0.05, 0) is 24.6 Å². The van der Waals surface area contributed by atoms with Gasteiger partial charge in [0.1, 0.15) is 6.10 Å². The smallest absolute Gasteiger partial charge is 0.387 e. The Balaban J connectivity index is 2.94. The van der Waals surface area contributed by atoms with Gasteiger partial charge in [-0.25, -0.2) is 0 Å². The highest BCUT2D eigenvalue weighted by atomic mass is 19.3. The Morgan fingerprint density at radius 3 is 2.56 bits per heavy atom. The van der Waals surface area contributed by atoms with Gasteiger partial charge in [0.2, 0.25) is 0 Å². The minimum Gasteiger partial charge on any atom is -0.490 e. The van der Waals surface area contributed by atoms with Gasteiger partial charge in [0.05, 0.1) is 13.2 Å². The molecule has 102 valence electrons. The highest BCUT2D eigenvalue weighted by Gasteiger charge is 2.14. The highest BCUT2D eigenvalue weighted by Crippen LogP contribution is 2.31. The Kier molecular flexibility index (Phi) is 5.80. The second-order valence-electron chi connectivity index (χ2n) is 3.49. The van der Waals surface area contributed by atoms with Crippen molar-refractivity contribution in [1.29, 1.82) is 0 Å². The average molecular weight is 262 g/mol. The molecule has 0 aliphatic heterocycles. The lowest BCUT2D eigenvalue weighted by atomic mass is 10.1. The fourth-order valence-electron chi connectivity index (χ4n) is 1.45. The SMILES string of the molecule is CCOc1cc(C(O)COC)ccc1OC(F)F. The van der Waals surface area contributed by atoms with E-state index in [2.05, 4.69) is 4.74 Å². The van der Waals surface area contributed by atoms with E-state index >= 15 is 0 Å². The van der Waals surface area contributed by atoms with Gasteiger partial charge >= 0.3 is 6.61 Å². The summed E-state index contributed by atoms with van der Waals surface area (Å²) >= 11 is 0. The maximum Gasteiger partial charge on any atom is 0.387 e. The second-order valence-corrected chi connectivity index (χ2v) is 3.49. The molecule has 1 rings (SSSR count). The van der Waals surface area contributed by atoms with E-state index in [4.69, 9.17) is 9.47 Å². The van der Waals surface area contributed by atoms with Crippen LogP contribution in [-0.2, 0) is 4.74 Å². The number of aliphatic hydroxyl groups excluding tert-OH is 1. The summed E-state index contributed by atoms with van der Waals surface area (Å²) in [7, 11) is 1.46. The molecule has 0 amide bonds. The van der Waals surface area contributed by atoms with Crippen molar-refractivity contribution < 1.29 is 28.1 Å². The van der Waals surface area contributed by atoms with Crippen LogP contribution in [0.3, 0.4) is 0 Å². The zero-order valence-corrected chi connectivity index (χ0v) is 10.2. The summed E-state index contributed by atoms with van der Waals surface area (Å²) in [6, 6.07) is 4.29. The van der Waals surface area contributed by atoms with Crippen molar-refractivity contribution in [2.75, 3.05) is 20.3 Å². The predicted molar refractivity (Wildman–Crippen MR) is 61.1 cm³/mol. The van der Waals surface area contributed by atoms with Gasteiger partial charge in [-0.3, -0.25) is 0 Å². The van der Waals surface area contributed by atoms with Crippen molar-refractivity contribution in [3.63, 3.8) is 0 Å². The molecule has 0 saturated heterocycles. The van der Waals surface area contributed by atoms with Crippen LogP contribution >= 0.6 is 0 Å². The lowest BCUT2D eigenvalue weighted by Gasteiger charge is -2.15. The topological polar surface area (TPSA) is 47.9 Å². The Morgan fingerprint density at radius 1 is 1.28 bits per heavy atom. The van der Waals surface area contributed by atoms with Crippen LogP contribution < -0.4 is 9.47 Å². The van der Waals surface area contributed by atoms with E-state index in [0.717, 1.165) is 0 Å². The van der Waals surface area contributed by atoms with Crippen molar-refractivity contribution >= 4 is 0 Å². The van der Waals surface area contributed by atoms with Gasteiger partial charge in [-0.2, -0.15) is 8.78 Å². The van der Waals surface area contributed by atoms with Crippen LogP contribution in [0, 0.1) is 0 Å². The summed E-state index contributed by atoms with van der Waals surface area (Å²) in [6.07, 6.45) is -0.838.